The third kappa shape index (κ3) is 5.13. The van der Waals surface area contributed by atoms with Crippen LogP contribution in [0.2, 0.25) is 0 Å². The van der Waals surface area contributed by atoms with Crippen LogP contribution in [0.25, 0.3) is 0 Å². The van der Waals surface area contributed by atoms with Gasteiger partial charge in [-0.3, -0.25) is 14.9 Å². The van der Waals surface area contributed by atoms with Gasteiger partial charge >= 0.3 is 0 Å². The fourth-order valence-electron chi connectivity index (χ4n) is 1.62. The van der Waals surface area contributed by atoms with Gasteiger partial charge in [0.1, 0.15) is 11.6 Å². The number of carbonyl (C=O) groups is 1. The first kappa shape index (κ1) is 17.5. The van der Waals surface area contributed by atoms with Gasteiger partial charge in [-0.15, -0.1) is 0 Å². The molecule has 9 heteroatoms. The predicted octanol–water partition coefficient (Wildman–Crippen LogP) is 3.03. The fraction of sp³-hybridized carbons (Fsp3) is 0.0667. The molecular weight excluding hydrogens is 385 g/mol. The Hall–Kier alpha value is -2.81. The van der Waals surface area contributed by atoms with Crippen LogP contribution in [0, 0.1) is 15.9 Å². The standard InChI is InChI=1S/C15H11BrFN3O4/c16-13-7-10(1-6-14(13)17)8-18-19-15(21)9-24-12-4-2-11(3-5-12)20(22)23/h1-8H,9H2,(H,19,21). The van der Waals surface area contributed by atoms with Crippen LogP contribution in [0.5, 0.6) is 5.75 Å². The lowest BCUT2D eigenvalue weighted by molar-refractivity contribution is -0.384. The van der Waals surface area contributed by atoms with Crippen LogP contribution in [-0.4, -0.2) is 23.7 Å². The van der Waals surface area contributed by atoms with E-state index < -0.39 is 16.6 Å². The molecule has 0 unspecified atom stereocenters. The topological polar surface area (TPSA) is 93.8 Å². The highest BCUT2D eigenvalue weighted by Crippen LogP contribution is 2.17. The van der Waals surface area contributed by atoms with Gasteiger partial charge in [-0.25, -0.2) is 9.82 Å². The van der Waals surface area contributed by atoms with Crippen molar-refractivity contribution in [2.75, 3.05) is 6.61 Å². The van der Waals surface area contributed by atoms with Gasteiger partial charge in [0, 0.05) is 12.1 Å². The molecule has 1 N–H and O–H groups in total. The molecule has 0 saturated heterocycles. The van der Waals surface area contributed by atoms with E-state index in [0.29, 0.717) is 15.8 Å². The van der Waals surface area contributed by atoms with E-state index in [1.54, 1.807) is 0 Å². The van der Waals surface area contributed by atoms with E-state index in [1.165, 1.54) is 48.7 Å². The first-order valence-electron chi connectivity index (χ1n) is 6.60. The summed E-state index contributed by atoms with van der Waals surface area (Å²) in [6.45, 7) is -0.303. The molecule has 2 aromatic rings. The number of nitro benzene ring substituents is 1. The van der Waals surface area contributed by atoms with Crippen molar-refractivity contribution in [1.82, 2.24) is 5.43 Å². The van der Waals surface area contributed by atoms with Crippen LogP contribution in [0.15, 0.2) is 52.0 Å². The third-order valence-corrected chi connectivity index (χ3v) is 3.37. The number of nitrogens with one attached hydrogen (secondary N) is 1. The van der Waals surface area contributed by atoms with Gasteiger partial charge < -0.3 is 4.74 Å². The Morgan fingerprint density at radius 2 is 2.04 bits per heavy atom. The molecule has 124 valence electrons. The molecule has 0 radical (unpaired) electrons. The Balaban J connectivity index is 1.81. The summed E-state index contributed by atoms with van der Waals surface area (Å²) < 4.78 is 18.5. The largest absolute Gasteiger partial charge is 0.484 e. The minimum Gasteiger partial charge on any atom is -0.484 e. The molecule has 0 saturated carbocycles. The Bertz CT molecular complexity index is 781. The predicted molar refractivity (Wildman–Crippen MR) is 88.4 cm³/mol. The van der Waals surface area contributed by atoms with Crippen LogP contribution in [0.4, 0.5) is 10.1 Å². The van der Waals surface area contributed by atoms with Gasteiger partial charge in [-0.05, 0) is 45.8 Å². The van der Waals surface area contributed by atoms with E-state index in [1.807, 2.05) is 0 Å². The molecule has 24 heavy (non-hydrogen) atoms. The number of nitrogens with zero attached hydrogens (tertiary/aromatic N) is 2. The molecule has 0 aromatic heterocycles. The summed E-state index contributed by atoms with van der Waals surface area (Å²) in [7, 11) is 0. The normalized spacial score (nSPS) is 10.6. The maximum absolute atomic E-state index is 13.1. The van der Waals surface area contributed by atoms with E-state index >= 15 is 0 Å². The minimum atomic E-state index is -0.529. The smallest absolute Gasteiger partial charge is 0.277 e. The highest BCUT2D eigenvalue weighted by molar-refractivity contribution is 9.10. The van der Waals surface area contributed by atoms with Gasteiger partial charge in [0.25, 0.3) is 11.6 Å². The Morgan fingerprint density at radius 1 is 1.33 bits per heavy atom. The molecule has 0 aliphatic carbocycles. The van der Waals surface area contributed by atoms with E-state index in [-0.39, 0.29) is 12.3 Å². The van der Waals surface area contributed by atoms with Crippen LogP contribution in [0.3, 0.4) is 0 Å². The first-order valence-corrected chi connectivity index (χ1v) is 7.39. The second kappa shape index (κ2) is 8.16. The zero-order valence-corrected chi connectivity index (χ0v) is 13.7. The quantitative estimate of drug-likeness (QED) is 0.462. The number of non-ortho nitro benzene ring substituents is 1. The number of hydrogen-bond donors (Lipinski definition) is 1. The van der Waals surface area contributed by atoms with E-state index in [0.717, 1.165) is 0 Å². The molecule has 0 atom stereocenters. The summed E-state index contributed by atoms with van der Waals surface area (Å²) in [5, 5.41) is 14.2. The molecule has 7 nitrogen and oxygen atoms in total. The molecule has 0 heterocycles. The number of halogens is 2. The van der Waals surface area contributed by atoms with E-state index in [9.17, 15) is 19.3 Å². The highest BCUT2D eigenvalue weighted by atomic mass is 79.9. The van der Waals surface area contributed by atoms with Gasteiger partial charge in [-0.1, -0.05) is 6.07 Å². The molecule has 0 fully saturated rings. The number of hydrazone groups is 1. The Kier molecular flexibility index (Phi) is 5.96. The summed E-state index contributed by atoms with van der Waals surface area (Å²) in [6.07, 6.45) is 1.36. The average molecular weight is 396 g/mol. The highest BCUT2D eigenvalue weighted by Gasteiger charge is 2.06. The number of amides is 1. The monoisotopic (exact) mass is 395 g/mol. The second-order valence-corrected chi connectivity index (χ2v) is 5.36. The summed E-state index contributed by atoms with van der Waals surface area (Å²) in [6, 6.07) is 9.62. The number of benzene rings is 2. The Labute approximate surface area is 144 Å². The van der Waals surface area contributed by atoms with E-state index in [2.05, 4.69) is 26.5 Å². The molecule has 1 amide bonds. The van der Waals surface area contributed by atoms with Gasteiger partial charge in [-0.2, -0.15) is 5.10 Å². The molecule has 0 aliphatic rings. The number of nitro groups is 1. The van der Waals surface area contributed by atoms with Gasteiger partial charge in [0.2, 0.25) is 0 Å². The maximum atomic E-state index is 13.1. The molecule has 2 rings (SSSR count). The summed E-state index contributed by atoms with van der Waals surface area (Å²) in [5.74, 6) is -0.583. The number of rotatable bonds is 6. The van der Waals surface area contributed by atoms with Gasteiger partial charge in [0.15, 0.2) is 6.61 Å². The van der Waals surface area contributed by atoms with E-state index in [4.69, 9.17) is 4.74 Å². The zero-order valence-electron chi connectivity index (χ0n) is 12.1. The van der Waals surface area contributed by atoms with Crippen molar-refractivity contribution in [2.45, 2.75) is 0 Å². The molecule has 0 spiro atoms. The number of carbonyl (C=O) groups excluding carboxylic acids is 1. The molecule has 0 bridgehead atoms. The summed E-state index contributed by atoms with van der Waals surface area (Å²) >= 11 is 3.05. The summed E-state index contributed by atoms with van der Waals surface area (Å²) in [5.41, 5.74) is 2.78. The fourth-order valence-corrected chi connectivity index (χ4v) is 2.01. The van der Waals surface area contributed by atoms with Crippen molar-refractivity contribution < 1.29 is 18.8 Å². The summed E-state index contributed by atoms with van der Waals surface area (Å²) in [4.78, 5) is 21.6. The van der Waals surface area contributed by atoms with Crippen LogP contribution < -0.4 is 10.2 Å². The lowest BCUT2D eigenvalue weighted by Crippen LogP contribution is -2.24. The van der Waals surface area contributed by atoms with Crippen molar-refractivity contribution in [3.8, 4) is 5.75 Å². The lowest BCUT2D eigenvalue weighted by atomic mass is 10.2. The minimum absolute atomic E-state index is 0.0677. The molecule has 2 aromatic carbocycles. The maximum Gasteiger partial charge on any atom is 0.277 e. The second-order valence-electron chi connectivity index (χ2n) is 4.51. The van der Waals surface area contributed by atoms with Crippen LogP contribution in [-0.2, 0) is 4.79 Å². The zero-order chi connectivity index (χ0) is 17.5. The van der Waals surface area contributed by atoms with Gasteiger partial charge in [0.05, 0.1) is 15.6 Å². The number of ether oxygens (including phenoxy) is 1. The lowest BCUT2D eigenvalue weighted by Gasteiger charge is -2.04. The van der Waals surface area contributed by atoms with Crippen molar-refractivity contribution in [3.63, 3.8) is 0 Å². The first-order chi connectivity index (χ1) is 11.5. The van der Waals surface area contributed by atoms with Crippen molar-refractivity contribution >= 4 is 33.7 Å². The van der Waals surface area contributed by atoms with Crippen LogP contribution >= 0.6 is 15.9 Å². The van der Waals surface area contributed by atoms with Crippen molar-refractivity contribution in [1.29, 1.82) is 0 Å². The number of hydrogen-bond acceptors (Lipinski definition) is 5. The molecule has 0 aliphatic heterocycles. The van der Waals surface area contributed by atoms with Crippen LogP contribution in [0.1, 0.15) is 5.56 Å². The van der Waals surface area contributed by atoms with Crippen molar-refractivity contribution in [3.05, 3.63) is 68.4 Å². The third-order valence-electron chi connectivity index (χ3n) is 2.76. The SMILES string of the molecule is O=C(COc1ccc([N+](=O)[O-])cc1)NN=Cc1ccc(F)c(Br)c1. The average Bonchev–Trinajstić information content (AvgIpc) is 2.56. The Morgan fingerprint density at radius 3 is 2.67 bits per heavy atom. The molecular formula is C15H11BrFN3O4. The van der Waals surface area contributed by atoms with Crippen molar-refractivity contribution in [2.24, 2.45) is 5.10 Å².